The number of hydrogen-bond acceptors (Lipinski definition) is 16. The zero-order chi connectivity index (χ0) is 65.8. The van der Waals surface area contributed by atoms with Crippen LogP contribution < -0.4 is 75.7 Å². The van der Waals surface area contributed by atoms with Crippen molar-refractivity contribution in [1.29, 1.82) is 0 Å². The first-order valence-corrected chi connectivity index (χ1v) is 29.9. The average Bonchev–Trinajstić information content (AvgIpc) is 3.72. The Bertz CT molecular complexity index is 2540. The highest BCUT2D eigenvalue weighted by Crippen LogP contribution is 2.17. The van der Waals surface area contributed by atoms with Crippen molar-refractivity contribution >= 4 is 76.9 Å². The summed E-state index contributed by atoms with van der Waals surface area (Å²) in [7, 11) is 1.60. The largest absolute Gasteiger partial charge is 0.458 e. The van der Waals surface area contributed by atoms with E-state index in [1.54, 1.807) is 62.4 Å². The van der Waals surface area contributed by atoms with Gasteiger partial charge in [-0.05, 0) is 82.7 Å². The Hall–Kier alpha value is -7.95. The molecule has 1 fully saturated rings. The minimum absolute atomic E-state index is 0.0471. The molecule has 488 valence electrons. The van der Waals surface area contributed by atoms with E-state index in [0.29, 0.717) is 32.1 Å². The highest BCUT2D eigenvalue weighted by Gasteiger charge is 2.40. The van der Waals surface area contributed by atoms with E-state index in [0.717, 1.165) is 5.56 Å². The van der Waals surface area contributed by atoms with Crippen molar-refractivity contribution in [1.82, 2.24) is 58.5 Å². The highest BCUT2D eigenvalue weighted by molar-refractivity contribution is 5.99. The molecule has 18 N–H and O–H groups in total. The minimum atomic E-state index is -1.67. The maximum atomic E-state index is 14.4. The molecular weight excluding hydrogens is 1130 g/mol. The number of carbonyl (C=O) groups excluding carboxylic acids is 12. The molecule has 29 nitrogen and oxygen atoms in total. The second kappa shape index (κ2) is 37.6. The van der Waals surface area contributed by atoms with Crippen molar-refractivity contribution in [2.24, 2.45) is 45.9 Å². The minimum Gasteiger partial charge on any atom is -0.458 e. The van der Waals surface area contributed by atoms with Crippen LogP contribution in [0.25, 0.3) is 0 Å². The molecular formula is C58H97N15O14. The van der Waals surface area contributed by atoms with E-state index < -0.39 is 180 Å². The van der Waals surface area contributed by atoms with Crippen molar-refractivity contribution in [3.05, 3.63) is 35.9 Å². The quantitative estimate of drug-likeness (QED) is 0.0146. The number of primary amides is 1. The molecule has 1 saturated heterocycles. The van der Waals surface area contributed by atoms with Gasteiger partial charge in [-0.3, -0.25) is 57.7 Å². The summed E-state index contributed by atoms with van der Waals surface area (Å²) in [6.07, 6.45) is -0.203. The molecule has 0 aromatic heterocycles. The van der Waals surface area contributed by atoms with Gasteiger partial charge in [0.25, 0.3) is 0 Å². The average molecular weight is 1230 g/mol. The first kappa shape index (κ1) is 75.1. The van der Waals surface area contributed by atoms with Crippen molar-refractivity contribution < 1.29 is 67.4 Å². The summed E-state index contributed by atoms with van der Waals surface area (Å²) in [5.41, 5.74) is 17.2. The molecule has 1 heterocycles. The molecule has 0 radical (unpaired) electrons. The van der Waals surface area contributed by atoms with Crippen molar-refractivity contribution in [2.75, 3.05) is 20.2 Å². The Balaban J connectivity index is 2.37. The van der Waals surface area contributed by atoms with E-state index >= 15 is 0 Å². The number of nitrogens with zero attached hydrogens (tertiary/aromatic N) is 1. The van der Waals surface area contributed by atoms with Gasteiger partial charge in [0.2, 0.25) is 65.0 Å². The first-order valence-electron chi connectivity index (χ1n) is 29.9. The SMILES string of the molecule is CC[C@H](C)[C@H](NC(=O)[C@@H](Cc1ccccc1)NC)C(=O)N[C@@H](CO)C(=O)N[C@H](CCC(N)=O)C(=O)N[C@@H](C(=O)N[C@H](C(=O)N[C@@H](C)C(=O)N[C@H]1C(=O)N[C@@H](C)C(=O)N[C@@H](CCCN=C(N)N)C(=O)N[C@@H]([C@@H](C)CC)C(=O)O[C@H]1C)[C@@H](C)CC)[C@@H](C)CC. The molecule has 2 rings (SSSR count). The number of esters is 1. The van der Waals surface area contributed by atoms with Gasteiger partial charge < -0.3 is 85.5 Å². The Morgan fingerprint density at radius 3 is 1.63 bits per heavy atom. The molecule has 0 saturated carbocycles. The van der Waals surface area contributed by atoms with Gasteiger partial charge >= 0.3 is 5.97 Å². The number of likely N-dealkylation sites (N-methyl/N-ethyl adjacent to an activating group) is 1. The molecule has 1 aromatic carbocycles. The van der Waals surface area contributed by atoms with Crippen LogP contribution in [0, 0.1) is 23.7 Å². The first-order chi connectivity index (χ1) is 41.0. The monoisotopic (exact) mass is 1230 g/mol. The molecule has 87 heavy (non-hydrogen) atoms. The lowest BCUT2D eigenvalue weighted by Crippen LogP contribution is -2.62. The summed E-state index contributed by atoms with van der Waals surface area (Å²) in [5, 5.41) is 39.2. The molecule has 0 bridgehead atoms. The maximum Gasteiger partial charge on any atom is 0.329 e. The summed E-state index contributed by atoms with van der Waals surface area (Å²) in [6.45, 7) is 16.9. The van der Waals surface area contributed by atoms with E-state index in [9.17, 15) is 62.6 Å². The Morgan fingerprint density at radius 1 is 0.621 bits per heavy atom. The van der Waals surface area contributed by atoms with Gasteiger partial charge in [-0.25, -0.2) is 4.79 Å². The molecule has 11 amide bonds. The highest BCUT2D eigenvalue weighted by atomic mass is 16.5. The zero-order valence-electron chi connectivity index (χ0n) is 52.3. The smallest absolute Gasteiger partial charge is 0.329 e. The molecule has 1 aliphatic heterocycles. The van der Waals surface area contributed by atoms with E-state index in [-0.39, 0.29) is 31.8 Å². The van der Waals surface area contributed by atoms with Crippen LogP contribution in [0.3, 0.4) is 0 Å². The third-order valence-electron chi connectivity index (χ3n) is 15.7. The van der Waals surface area contributed by atoms with E-state index in [1.165, 1.54) is 20.8 Å². The van der Waals surface area contributed by atoms with Gasteiger partial charge in [-0.15, -0.1) is 0 Å². The van der Waals surface area contributed by atoms with Gasteiger partial charge in [0, 0.05) is 13.0 Å². The van der Waals surface area contributed by atoms with Crippen LogP contribution in [0.15, 0.2) is 35.3 Å². The van der Waals surface area contributed by atoms with Crippen LogP contribution in [0.4, 0.5) is 0 Å². The lowest BCUT2D eigenvalue weighted by Gasteiger charge is -2.31. The van der Waals surface area contributed by atoms with Gasteiger partial charge in [-0.1, -0.05) is 111 Å². The van der Waals surface area contributed by atoms with Gasteiger partial charge in [-0.2, -0.15) is 0 Å². The lowest BCUT2D eigenvalue weighted by atomic mass is 9.94. The van der Waals surface area contributed by atoms with Crippen LogP contribution in [-0.2, 0) is 68.7 Å². The predicted octanol–water partition coefficient (Wildman–Crippen LogP) is -2.85. The topological polar surface area (TPSA) is 457 Å². The molecule has 0 aliphatic carbocycles. The number of benzene rings is 1. The molecule has 0 unspecified atom stereocenters. The normalized spacial score (nSPS) is 21.1. The van der Waals surface area contributed by atoms with Crippen LogP contribution >= 0.6 is 0 Å². The number of amides is 11. The van der Waals surface area contributed by atoms with E-state index in [1.807, 2.05) is 30.3 Å². The van der Waals surface area contributed by atoms with Crippen LogP contribution in [0.2, 0.25) is 0 Å². The summed E-state index contributed by atoms with van der Waals surface area (Å²) >= 11 is 0. The van der Waals surface area contributed by atoms with Gasteiger partial charge in [0.05, 0.1) is 12.6 Å². The molecule has 1 aliphatic rings. The van der Waals surface area contributed by atoms with Crippen molar-refractivity contribution in [3.63, 3.8) is 0 Å². The number of aliphatic hydroxyl groups excluding tert-OH is 1. The molecule has 16 atom stereocenters. The van der Waals surface area contributed by atoms with Gasteiger partial charge in [0.15, 0.2) is 5.96 Å². The number of rotatable bonds is 33. The second-order valence-electron chi connectivity index (χ2n) is 22.4. The summed E-state index contributed by atoms with van der Waals surface area (Å²) in [6, 6.07) is -5.51. The number of hydrogen-bond donors (Lipinski definition) is 15. The summed E-state index contributed by atoms with van der Waals surface area (Å²) in [5.74, 6) is -12.6. The fraction of sp³-hybridized carbons (Fsp3) is 0.672. The maximum absolute atomic E-state index is 14.4. The predicted molar refractivity (Wildman–Crippen MR) is 322 cm³/mol. The van der Waals surface area contributed by atoms with Crippen molar-refractivity contribution in [2.45, 2.75) is 207 Å². The lowest BCUT2D eigenvalue weighted by molar-refractivity contribution is -0.157. The zero-order valence-corrected chi connectivity index (χ0v) is 52.3. The number of nitrogens with one attached hydrogen (secondary N) is 11. The number of ether oxygens (including phenoxy) is 1. The van der Waals surface area contributed by atoms with Crippen LogP contribution in [-0.4, -0.2) is 175 Å². The van der Waals surface area contributed by atoms with Crippen molar-refractivity contribution in [3.8, 4) is 0 Å². The van der Waals surface area contributed by atoms with Crippen LogP contribution in [0.5, 0.6) is 0 Å². The number of aliphatic hydroxyl groups is 1. The number of guanidine groups is 1. The number of cyclic esters (lactones) is 1. The fourth-order valence-electron chi connectivity index (χ4n) is 9.04. The molecule has 1 aromatic rings. The third-order valence-corrected chi connectivity index (χ3v) is 15.7. The molecule has 0 spiro atoms. The summed E-state index contributed by atoms with van der Waals surface area (Å²) < 4.78 is 5.73. The van der Waals surface area contributed by atoms with E-state index in [2.05, 4.69) is 63.5 Å². The fourth-order valence-corrected chi connectivity index (χ4v) is 9.04. The van der Waals surface area contributed by atoms with Crippen LogP contribution in [0.1, 0.15) is 133 Å². The standard InChI is InChI=1S/C58H97N15O14/c1-13-29(5)42(53(82)64-34(10)48(77)73-46-35(11)87-57(86)45(32(8)16-4)72-49(78)37(23-20-26-63-58(60)61)66-47(76)33(9)65-56(46)85)71-55(84)44(31(7)15-3)69-50(79)38(24-25-41(59)75)67-52(81)40(28-74)68-54(83)43(30(6)14-2)70-51(80)39(62-12)27-36-21-18-17-19-22-36/h17-19,21-22,29-35,37-40,42-46,62,74H,13-16,20,23-28H2,1-12H3,(H2,59,75)(H,64,82)(H,65,85)(H,66,76)(H,67,81)(H,68,83)(H,69,79)(H,70,80)(H,71,84)(H,72,78)(H,73,77)(H4,60,61,63)/t29-,30-,31-,32-,33-,34-,35-,37-,38+,39+,40-,42-,43-,44+,45-,46+/m0/s1. The number of carbonyl (C=O) groups is 12. The Labute approximate surface area is 509 Å². The number of nitrogens with two attached hydrogens (primary N) is 3. The third kappa shape index (κ3) is 24.4. The summed E-state index contributed by atoms with van der Waals surface area (Å²) in [4.78, 5) is 169. The Morgan fingerprint density at radius 2 is 1.13 bits per heavy atom. The second-order valence-corrected chi connectivity index (χ2v) is 22.4. The van der Waals surface area contributed by atoms with E-state index in [4.69, 9.17) is 21.9 Å². The van der Waals surface area contributed by atoms with Gasteiger partial charge in [0.1, 0.15) is 66.5 Å². The molecule has 29 heteroatoms. The number of aliphatic imine (C=N–C) groups is 1. The Kier molecular flexibility index (Phi) is 32.5.